The zero-order valence-corrected chi connectivity index (χ0v) is 20.0. The summed E-state index contributed by atoms with van der Waals surface area (Å²) in [4.78, 5) is 33.0. The van der Waals surface area contributed by atoms with Crippen LogP contribution in [0.2, 0.25) is 0 Å². The minimum atomic E-state index is -7.63. The van der Waals surface area contributed by atoms with Crippen LogP contribution in [0.1, 0.15) is 25.7 Å². The van der Waals surface area contributed by atoms with Gasteiger partial charge in [-0.1, -0.05) is 0 Å². The molecule has 0 saturated heterocycles. The highest BCUT2D eigenvalue weighted by atomic mass is 19.4. The molecular formula is C18H10F21NO4. The van der Waals surface area contributed by atoms with Crippen molar-refractivity contribution in [3.8, 4) is 0 Å². The summed E-state index contributed by atoms with van der Waals surface area (Å²) < 4.78 is 277. The number of rotatable bonds is 8. The second-order valence-electron chi connectivity index (χ2n) is 8.76. The number of hydrogen-bond acceptors (Lipinski definition) is 4. The fourth-order valence-electron chi connectivity index (χ4n) is 3.30. The van der Waals surface area contributed by atoms with Crippen molar-refractivity contribution in [2.24, 2.45) is 0 Å². The number of halogens is 21. The lowest BCUT2D eigenvalue weighted by atomic mass is 9.90. The molecule has 0 bridgehead atoms. The summed E-state index contributed by atoms with van der Waals surface area (Å²) in [6.07, 6.45) is -31.1. The standard InChI is InChI=1S/C18H10F21NO4/c19-10(20,13(25,26)16(31,32)33)7(41)40(8(42)11(21,22)14(27,28)17(34,35)36)5-1-3-6(4-2-5)44-9(43)12(23,24)15(29,30)18(37,38)39/h5-6H,1-4H2. The molecule has 1 aliphatic rings. The molecule has 0 unspecified atom stereocenters. The summed E-state index contributed by atoms with van der Waals surface area (Å²) in [5, 5.41) is 0. The number of imide groups is 1. The predicted molar refractivity (Wildman–Crippen MR) is 91.8 cm³/mol. The third kappa shape index (κ3) is 6.29. The maximum Gasteiger partial charge on any atom is 0.460 e. The first-order valence-electron chi connectivity index (χ1n) is 10.6. The van der Waals surface area contributed by atoms with Gasteiger partial charge in [0.15, 0.2) is 0 Å². The highest BCUT2D eigenvalue weighted by molar-refractivity contribution is 6.03. The molecule has 5 nitrogen and oxygen atoms in total. The molecule has 0 radical (unpaired) electrons. The van der Waals surface area contributed by atoms with Gasteiger partial charge < -0.3 is 4.74 Å². The van der Waals surface area contributed by atoms with Gasteiger partial charge in [0.05, 0.1) is 0 Å². The fourth-order valence-corrected chi connectivity index (χ4v) is 3.30. The van der Waals surface area contributed by atoms with E-state index < -0.39 is 115 Å². The number of ether oxygens (including phenoxy) is 1. The Kier molecular flexibility index (Phi) is 9.96. The van der Waals surface area contributed by atoms with Crippen molar-refractivity contribution in [3.63, 3.8) is 0 Å². The van der Waals surface area contributed by atoms with Crippen molar-refractivity contribution in [1.82, 2.24) is 4.90 Å². The van der Waals surface area contributed by atoms with E-state index in [0.29, 0.717) is 0 Å². The van der Waals surface area contributed by atoms with E-state index in [4.69, 9.17) is 0 Å². The second kappa shape index (κ2) is 11.2. The second-order valence-corrected chi connectivity index (χ2v) is 8.76. The van der Waals surface area contributed by atoms with Crippen molar-refractivity contribution in [1.29, 1.82) is 0 Å². The molecule has 258 valence electrons. The molecule has 26 heteroatoms. The third-order valence-corrected chi connectivity index (χ3v) is 5.76. The van der Waals surface area contributed by atoms with Gasteiger partial charge >= 0.3 is 71.8 Å². The van der Waals surface area contributed by atoms with Gasteiger partial charge in [0, 0.05) is 6.04 Å². The third-order valence-electron chi connectivity index (χ3n) is 5.76. The Balaban J connectivity index is 3.50. The molecule has 0 atom stereocenters. The van der Waals surface area contributed by atoms with E-state index in [1.807, 2.05) is 0 Å². The number of esters is 1. The number of hydrogen-bond donors (Lipinski definition) is 0. The smallest absolute Gasteiger partial charge is 0.458 e. The Morgan fingerprint density at radius 3 is 1.00 bits per heavy atom. The van der Waals surface area contributed by atoms with Gasteiger partial charge in [-0.3, -0.25) is 14.5 Å². The Morgan fingerprint density at radius 2 is 0.727 bits per heavy atom. The fraction of sp³-hybridized carbons (Fsp3) is 0.833. The molecule has 1 rings (SSSR count). The average molecular weight is 703 g/mol. The van der Waals surface area contributed by atoms with Gasteiger partial charge in [-0.15, -0.1) is 0 Å². The van der Waals surface area contributed by atoms with Crippen molar-refractivity contribution in [2.75, 3.05) is 0 Å². The molecule has 1 saturated carbocycles. The van der Waals surface area contributed by atoms with Gasteiger partial charge in [0.2, 0.25) is 0 Å². The van der Waals surface area contributed by atoms with Gasteiger partial charge in [-0.25, -0.2) is 4.79 Å². The molecule has 2 amide bonds. The molecule has 0 heterocycles. The zero-order valence-electron chi connectivity index (χ0n) is 20.0. The number of nitrogens with zero attached hydrogens (tertiary/aromatic N) is 1. The van der Waals surface area contributed by atoms with Crippen molar-refractivity contribution >= 4 is 17.8 Å². The summed E-state index contributed by atoms with van der Waals surface area (Å²) in [5.74, 6) is -56.4. The maximum absolute atomic E-state index is 14.0. The number of alkyl halides is 21. The first kappa shape index (κ1) is 39.2. The van der Waals surface area contributed by atoms with Crippen LogP contribution in [-0.2, 0) is 19.1 Å². The van der Waals surface area contributed by atoms with E-state index in [2.05, 4.69) is 4.74 Å². The van der Waals surface area contributed by atoms with Crippen LogP contribution >= 0.6 is 0 Å². The monoisotopic (exact) mass is 703 g/mol. The first-order chi connectivity index (χ1) is 19.0. The molecule has 1 fully saturated rings. The normalized spacial score (nSPS) is 20.3. The lowest BCUT2D eigenvalue weighted by Crippen LogP contribution is -2.67. The molecule has 0 aromatic rings. The first-order valence-corrected chi connectivity index (χ1v) is 10.6. The van der Waals surface area contributed by atoms with Crippen LogP contribution in [0.4, 0.5) is 92.2 Å². The van der Waals surface area contributed by atoms with Crippen LogP contribution < -0.4 is 0 Å². The molecule has 0 N–H and O–H groups in total. The minimum absolute atomic E-state index is 1.54. The quantitative estimate of drug-likeness (QED) is 0.209. The van der Waals surface area contributed by atoms with Crippen LogP contribution in [0.25, 0.3) is 0 Å². The van der Waals surface area contributed by atoms with Crippen molar-refractivity contribution in [2.45, 2.75) is 91.9 Å². The van der Waals surface area contributed by atoms with E-state index in [1.54, 1.807) is 0 Å². The minimum Gasteiger partial charge on any atom is -0.458 e. The Bertz CT molecular complexity index is 1050. The molecule has 0 aliphatic heterocycles. The van der Waals surface area contributed by atoms with Gasteiger partial charge in [-0.05, 0) is 25.7 Å². The van der Waals surface area contributed by atoms with Gasteiger partial charge in [0.1, 0.15) is 6.10 Å². The number of carbonyl (C=O) groups is 3. The van der Waals surface area contributed by atoms with Crippen LogP contribution in [0, 0.1) is 0 Å². The Hall–Kier alpha value is -2.86. The molecule has 0 spiro atoms. The molecule has 0 aromatic carbocycles. The topological polar surface area (TPSA) is 63.7 Å². The van der Waals surface area contributed by atoms with Gasteiger partial charge in [0.25, 0.3) is 0 Å². The summed E-state index contributed by atoms with van der Waals surface area (Å²) >= 11 is 0. The van der Waals surface area contributed by atoms with E-state index in [0.717, 1.165) is 0 Å². The van der Waals surface area contributed by atoms with Crippen LogP contribution in [-0.4, -0.2) is 88.9 Å². The molecule has 44 heavy (non-hydrogen) atoms. The highest BCUT2D eigenvalue weighted by Gasteiger charge is 2.81. The van der Waals surface area contributed by atoms with Crippen LogP contribution in [0.15, 0.2) is 0 Å². The van der Waals surface area contributed by atoms with Crippen LogP contribution in [0.3, 0.4) is 0 Å². The Morgan fingerprint density at radius 1 is 0.455 bits per heavy atom. The molecule has 1 aliphatic carbocycles. The number of amides is 2. The van der Waals surface area contributed by atoms with E-state index in [9.17, 15) is 107 Å². The lowest BCUT2D eigenvalue weighted by molar-refractivity contribution is -0.350. The summed E-state index contributed by atoms with van der Waals surface area (Å²) in [6.45, 7) is 0. The number of carbonyl (C=O) groups excluding carboxylic acids is 3. The van der Waals surface area contributed by atoms with Crippen molar-refractivity contribution in [3.05, 3.63) is 0 Å². The molecular weight excluding hydrogens is 693 g/mol. The van der Waals surface area contributed by atoms with E-state index in [1.165, 1.54) is 0 Å². The lowest BCUT2D eigenvalue weighted by Gasteiger charge is -2.40. The van der Waals surface area contributed by atoms with Crippen molar-refractivity contribution < 1.29 is 111 Å². The highest BCUT2D eigenvalue weighted by Crippen LogP contribution is 2.51. The SMILES string of the molecule is O=C(OC1CCC(N(C(=O)C(F)(F)C(F)(F)C(F)(F)F)C(=O)C(F)(F)C(F)(F)C(F)(F)F)CC1)C(F)(F)C(F)(F)C(F)(F)F. The van der Waals surface area contributed by atoms with E-state index >= 15 is 0 Å². The molecule has 0 aromatic heterocycles. The van der Waals surface area contributed by atoms with Crippen LogP contribution in [0.5, 0.6) is 0 Å². The summed E-state index contributed by atoms with van der Waals surface area (Å²) in [6, 6.07) is -3.12. The maximum atomic E-state index is 14.0. The summed E-state index contributed by atoms with van der Waals surface area (Å²) in [5.41, 5.74) is 0. The van der Waals surface area contributed by atoms with Gasteiger partial charge in [-0.2, -0.15) is 92.2 Å². The average Bonchev–Trinajstić information content (AvgIpc) is 2.82. The predicted octanol–water partition coefficient (Wildman–Crippen LogP) is 6.69. The van der Waals surface area contributed by atoms with E-state index in [-0.39, 0.29) is 0 Å². The largest absolute Gasteiger partial charge is 0.460 e. The Labute approximate surface area is 227 Å². The summed E-state index contributed by atoms with van der Waals surface area (Å²) in [7, 11) is 0. The zero-order chi connectivity index (χ0) is 35.5.